The summed E-state index contributed by atoms with van der Waals surface area (Å²) in [5.74, 6) is 0. The first-order valence-electron chi connectivity index (χ1n) is 3.13. The molecule has 2 nitrogen and oxygen atoms in total. The van der Waals surface area contributed by atoms with Gasteiger partial charge in [-0.1, -0.05) is 0 Å². The Bertz CT molecular complexity index is 459. The maximum Gasteiger partial charge on any atom is 0.215 e. The van der Waals surface area contributed by atoms with Crippen LogP contribution in [0.3, 0.4) is 0 Å². The van der Waals surface area contributed by atoms with Crippen LogP contribution in [-0.2, 0) is 0 Å². The lowest BCUT2D eigenvalue weighted by Crippen LogP contribution is -1.58. The molecule has 0 saturated carbocycles. The van der Waals surface area contributed by atoms with Gasteiger partial charge in [0.1, 0.15) is 6.07 Å². The molecule has 0 aliphatic heterocycles. The number of rotatable bonds is 0. The van der Waals surface area contributed by atoms with E-state index < -0.39 is 0 Å². The summed E-state index contributed by atoms with van der Waals surface area (Å²) >= 11 is 2.94. The summed E-state index contributed by atoms with van der Waals surface area (Å²) in [7, 11) is 0. The fourth-order valence-electron chi connectivity index (χ4n) is 0.963. The number of hydrogen-bond donors (Lipinski definition) is 0. The van der Waals surface area contributed by atoms with Crippen LogP contribution in [0, 0.1) is 17.9 Å². The van der Waals surface area contributed by atoms with Gasteiger partial charge in [-0.25, -0.2) is 4.85 Å². The lowest BCUT2D eigenvalue weighted by atomic mass is 10.3. The van der Waals surface area contributed by atoms with E-state index in [1.54, 1.807) is 10.8 Å². The molecule has 0 aliphatic carbocycles. The quantitative estimate of drug-likeness (QED) is 0.585. The standard InChI is InChI=1S/C8H2N2S2/c1-10-6-4-12-7-5(2-9)3-11-8(6)7/h3-4H. The van der Waals surface area contributed by atoms with Crippen LogP contribution in [-0.4, -0.2) is 0 Å². The lowest BCUT2D eigenvalue weighted by Gasteiger charge is -1.75. The van der Waals surface area contributed by atoms with Gasteiger partial charge in [-0.2, -0.15) is 27.9 Å². The summed E-state index contributed by atoms with van der Waals surface area (Å²) < 4.78 is 1.90. The Morgan fingerprint density at radius 1 is 1.33 bits per heavy atom. The number of hydrogen-bond acceptors (Lipinski definition) is 3. The van der Waals surface area contributed by atoms with E-state index in [1.807, 2.05) is 0 Å². The molecule has 12 heavy (non-hydrogen) atoms. The topological polar surface area (TPSA) is 28.1 Å². The number of fused-ring (bicyclic) bond motifs is 1. The van der Waals surface area contributed by atoms with Gasteiger partial charge in [-0.05, 0) is 5.38 Å². The molecule has 0 aliphatic rings. The van der Waals surface area contributed by atoms with E-state index in [0.29, 0.717) is 11.3 Å². The first-order chi connectivity index (χ1) is 5.86. The summed E-state index contributed by atoms with van der Waals surface area (Å²) in [5.41, 5.74) is 1.36. The average Bonchev–Trinajstić information content (AvgIpc) is 2.62. The van der Waals surface area contributed by atoms with Crippen molar-refractivity contribution < 1.29 is 0 Å². The number of nitriles is 1. The minimum absolute atomic E-state index is 0.668. The fraction of sp³-hybridized carbons (Fsp3) is 0. The first kappa shape index (κ1) is 7.30. The highest BCUT2D eigenvalue weighted by Gasteiger charge is 2.09. The van der Waals surface area contributed by atoms with Crippen molar-refractivity contribution >= 4 is 37.8 Å². The highest BCUT2D eigenvalue weighted by atomic mass is 32.1. The second kappa shape index (κ2) is 2.60. The second-order valence-corrected chi connectivity index (χ2v) is 3.91. The molecule has 4 heteroatoms. The van der Waals surface area contributed by atoms with Crippen LogP contribution in [0.1, 0.15) is 5.56 Å². The monoisotopic (exact) mass is 190 g/mol. The molecular weight excluding hydrogens is 188 g/mol. The highest BCUT2D eigenvalue weighted by molar-refractivity contribution is 7.27. The zero-order chi connectivity index (χ0) is 8.55. The van der Waals surface area contributed by atoms with Crippen LogP contribution < -0.4 is 0 Å². The summed E-state index contributed by atoms with van der Waals surface area (Å²) in [4.78, 5) is 3.37. The molecule has 0 amide bonds. The van der Waals surface area contributed by atoms with Crippen molar-refractivity contribution in [3.05, 3.63) is 27.7 Å². The molecule has 0 fully saturated rings. The summed E-state index contributed by atoms with van der Waals surface area (Å²) in [6.45, 7) is 6.86. The van der Waals surface area contributed by atoms with Gasteiger partial charge in [0.15, 0.2) is 0 Å². The SMILES string of the molecule is [C-]#[N+]c1csc2c(C#N)csc12. The largest absolute Gasteiger partial charge is 0.236 e. The molecular formula is C8H2N2S2. The van der Waals surface area contributed by atoms with Crippen molar-refractivity contribution in [2.75, 3.05) is 0 Å². The van der Waals surface area contributed by atoms with E-state index in [-0.39, 0.29) is 0 Å². The number of thiophene rings is 2. The Hall–Kier alpha value is -1.36. The van der Waals surface area contributed by atoms with E-state index in [0.717, 1.165) is 9.40 Å². The highest BCUT2D eigenvalue weighted by Crippen LogP contribution is 2.38. The van der Waals surface area contributed by atoms with E-state index in [9.17, 15) is 0 Å². The normalized spacial score (nSPS) is 9.50. The minimum atomic E-state index is 0.668. The minimum Gasteiger partial charge on any atom is -0.236 e. The Morgan fingerprint density at radius 3 is 2.75 bits per heavy atom. The zero-order valence-corrected chi connectivity index (χ0v) is 7.50. The van der Waals surface area contributed by atoms with Crippen LogP contribution in [0.25, 0.3) is 14.2 Å². The number of nitrogens with zero attached hydrogens (tertiary/aromatic N) is 2. The van der Waals surface area contributed by atoms with Crippen LogP contribution in [0.4, 0.5) is 5.69 Å². The fourth-order valence-corrected chi connectivity index (χ4v) is 3.09. The third-order valence-corrected chi connectivity index (χ3v) is 3.64. The summed E-state index contributed by atoms with van der Waals surface area (Å²) in [5, 5.41) is 12.3. The van der Waals surface area contributed by atoms with Gasteiger partial charge in [0.05, 0.1) is 21.5 Å². The lowest BCUT2D eigenvalue weighted by molar-refractivity contribution is 1.52. The van der Waals surface area contributed by atoms with Crippen LogP contribution in [0.2, 0.25) is 0 Å². The van der Waals surface area contributed by atoms with Crippen LogP contribution in [0.15, 0.2) is 10.8 Å². The molecule has 0 aromatic carbocycles. The van der Waals surface area contributed by atoms with E-state index in [2.05, 4.69) is 10.9 Å². The van der Waals surface area contributed by atoms with Gasteiger partial charge < -0.3 is 0 Å². The van der Waals surface area contributed by atoms with Gasteiger partial charge in [-0.3, -0.25) is 0 Å². The Morgan fingerprint density at radius 2 is 2.08 bits per heavy atom. The first-order valence-corrected chi connectivity index (χ1v) is 4.89. The van der Waals surface area contributed by atoms with E-state index in [1.165, 1.54) is 22.7 Å². The van der Waals surface area contributed by atoms with Crippen LogP contribution >= 0.6 is 22.7 Å². The van der Waals surface area contributed by atoms with Gasteiger partial charge in [0, 0.05) is 5.38 Å². The van der Waals surface area contributed by atoms with E-state index >= 15 is 0 Å². The molecule has 0 N–H and O–H groups in total. The third kappa shape index (κ3) is 0.831. The van der Waals surface area contributed by atoms with Gasteiger partial charge in [-0.15, -0.1) is 0 Å². The second-order valence-electron chi connectivity index (χ2n) is 2.15. The summed E-state index contributed by atoms with van der Waals surface area (Å²) in [6.07, 6.45) is 0. The Balaban J connectivity index is 2.87. The molecule has 0 bridgehead atoms. The Labute approximate surface area is 77.1 Å². The maximum absolute atomic E-state index is 8.69. The smallest absolute Gasteiger partial charge is 0.215 e. The molecule has 0 unspecified atom stereocenters. The van der Waals surface area contributed by atoms with Crippen molar-refractivity contribution in [1.29, 1.82) is 5.26 Å². The third-order valence-electron chi connectivity index (χ3n) is 1.51. The van der Waals surface area contributed by atoms with Gasteiger partial charge >= 0.3 is 0 Å². The van der Waals surface area contributed by atoms with Gasteiger partial charge in [0.25, 0.3) is 0 Å². The predicted molar refractivity (Wildman–Crippen MR) is 50.7 cm³/mol. The van der Waals surface area contributed by atoms with Crippen molar-refractivity contribution in [2.24, 2.45) is 0 Å². The van der Waals surface area contributed by atoms with Crippen molar-refractivity contribution in [3.8, 4) is 6.07 Å². The molecule has 0 radical (unpaired) electrons. The van der Waals surface area contributed by atoms with E-state index in [4.69, 9.17) is 11.8 Å². The molecule has 2 rings (SSSR count). The summed E-state index contributed by atoms with van der Waals surface area (Å²) in [6, 6.07) is 2.11. The average molecular weight is 190 g/mol. The molecule has 2 aromatic heterocycles. The predicted octanol–water partition coefficient (Wildman–Crippen LogP) is 3.39. The molecule has 56 valence electrons. The van der Waals surface area contributed by atoms with Crippen LogP contribution in [0.5, 0.6) is 0 Å². The molecule has 0 spiro atoms. The van der Waals surface area contributed by atoms with Crippen molar-refractivity contribution in [3.63, 3.8) is 0 Å². The molecule has 2 aromatic rings. The maximum atomic E-state index is 8.69. The zero-order valence-electron chi connectivity index (χ0n) is 5.87. The van der Waals surface area contributed by atoms with Crippen molar-refractivity contribution in [1.82, 2.24) is 0 Å². The molecule has 2 heterocycles. The molecule has 0 atom stereocenters. The van der Waals surface area contributed by atoms with Gasteiger partial charge in [0.2, 0.25) is 5.69 Å². The molecule has 0 saturated heterocycles. The van der Waals surface area contributed by atoms with Crippen molar-refractivity contribution in [2.45, 2.75) is 0 Å². The Kier molecular flexibility index (Phi) is 1.58.